The predicted octanol–water partition coefficient (Wildman–Crippen LogP) is 6.24. The number of benzene rings is 2. The molecule has 0 bridgehead atoms. The van der Waals surface area contributed by atoms with Crippen molar-refractivity contribution in [3.8, 4) is 17.0 Å². The minimum atomic E-state index is -0.291. The van der Waals surface area contributed by atoms with Gasteiger partial charge in [0.2, 0.25) is 11.9 Å². The number of fused-ring (bicyclic) bond motifs is 1. The van der Waals surface area contributed by atoms with E-state index < -0.39 is 0 Å². The van der Waals surface area contributed by atoms with E-state index in [9.17, 15) is 4.79 Å². The highest BCUT2D eigenvalue weighted by atomic mass is 16.5. The van der Waals surface area contributed by atoms with Gasteiger partial charge in [-0.1, -0.05) is 32.1 Å². The molecule has 2 heterocycles. The number of rotatable bonds is 14. The summed E-state index contributed by atoms with van der Waals surface area (Å²) >= 11 is 0. The van der Waals surface area contributed by atoms with Crippen LogP contribution in [0.2, 0.25) is 0 Å². The van der Waals surface area contributed by atoms with Gasteiger partial charge in [0.15, 0.2) is 0 Å². The highest BCUT2D eigenvalue weighted by Crippen LogP contribution is 2.38. The fourth-order valence-electron chi connectivity index (χ4n) is 5.04. The van der Waals surface area contributed by atoms with E-state index in [2.05, 4.69) is 89.0 Å². The first-order valence-electron chi connectivity index (χ1n) is 14.4. The quantitative estimate of drug-likeness (QED) is 0.174. The second-order valence-corrected chi connectivity index (χ2v) is 10.8. The first kappa shape index (κ1) is 30.6. The molecule has 42 heavy (non-hydrogen) atoms. The average molecular weight is 570 g/mol. The molecule has 0 saturated carbocycles. The fourth-order valence-corrected chi connectivity index (χ4v) is 5.04. The first-order chi connectivity index (χ1) is 20.2. The van der Waals surface area contributed by atoms with Crippen molar-refractivity contribution in [1.82, 2.24) is 19.4 Å². The summed E-state index contributed by atoms with van der Waals surface area (Å²) in [5, 5.41) is 7.42. The molecule has 0 saturated heterocycles. The van der Waals surface area contributed by atoms with Gasteiger partial charge in [0.05, 0.1) is 29.9 Å². The van der Waals surface area contributed by atoms with Crippen molar-refractivity contribution in [2.45, 2.75) is 32.6 Å². The number of nitrogens with one attached hydrogen (secondary N) is 2. The number of aromatic nitrogens is 3. The van der Waals surface area contributed by atoms with E-state index in [-0.39, 0.29) is 5.91 Å². The van der Waals surface area contributed by atoms with Gasteiger partial charge in [-0.2, -0.15) is 0 Å². The number of hydrogen-bond donors (Lipinski definition) is 2. The van der Waals surface area contributed by atoms with E-state index in [1.807, 2.05) is 25.2 Å². The van der Waals surface area contributed by atoms with Crippen LogP contribution in [0, 0.1) is 0 Å². The zero-order valence-electron chi connectivity index (χ0n) is 25.7. The Kier molecular flexibility index (Phi) is 10.2. The minimum absolute atomic E-state index is 0.291. The molecule has 0 aliphatic heterocycles. The molecule has 9 heteroatoms. The van der Waals surface area contributed by atoms with Crippen molar-refractivity contribution >= 4 is 39.8 Å². The first-order valence-corrected chi connectivity index (χ1v) is 14.4. The van der Waals surface area contributed by atoms with Gasteiger partial charge in [0.1, 0.15) is 5.75 Å². The van der Waals surface area contributed by atoms with Gasteiger partial charge in [-0.15, -0.1) is 0 Å². The Morgan fingerprint density at radius 2 is 1.90 bits per heavy atom. The zero-order valence-corrected chi connectivity index (χ0v) is 25.7. The second kappa shape index (κ2) is 14.0. The van der Waals surface area contributed by atoms with Crippen LogP contribution in [0.15, 0.2) is 61.4 Å². The zero-order chi connectivity index (χ0) is 30.2. The van der Waals surface area contributed by atoms with E-state index >= 15 is 0 Å². The number of hydrogen-bond acceptors (Lipinski definition) is 7. The number of amides is 1. The maximum Gasteiger partial charge on any atom is 0.247 e. The van der Waals surface area contributed by atoms with Crippen molar-refractivity contribution in [2.75, 3.05) is 56.9 Å². The lowest BCUT2D eigenvalue weighted by Crippen LogP contribution is -2.24. The van der Waals surface area contributed by atoms with Gasteiger partial charge in [-0.25, -0.2) is 9.97 Å². The van der Waals surface area contributed by atoms with E-state index in [4.69, 9.17) is 9.72 Å². The largest absolute Gasteiger partial charge is 0.494 e. The van der Waals surface area contributed by atoms with Crippen molar-refractivity contribution < 1.29 is 9.53 Å². The van der Waals surface area contributed by atoms with Gasteiger partial charge >= 0.3 is 0 Å². The molecule has 222 valence electrons. The van der Waals surface area contributed by atoms with Crippen molar-refractivity contribution in [3.63, 3.8) is 0 Å². The molecule has 0 unspecified atom stereocenters. The Morgan fingerprint density at radius 3 is 2.62 bits per heavy atom. The number of methoxy groups -OCH3 is 1. The number of anilines is 4. The minimum Gasteiger partial charge on any atom is -0.494 e. The Morgan fingerprint density at radius 1 is 1.10 bits per heavy atom. The summed E-state index contributed by atoms with van der Waals surface area (Å²) in [4.78, 5) is 25.9. The summed E-state index contributed by atoms with van der Waals surface area (Å²) in [6.45, 7) is 7.59. The molecule has 0 atom stereocenters. The lowest BCUT2D eigenvalue weighted by atomic mass is 10.0. The Balaban J connectivity index is 1.66. The molecule has 4 rings (SSSR count). The van der Waals surface area contributed by atoms with Crippen LogP contribution >= 0.6 is 0 Å². The van der Waals surface area contributed by atoms with E-state index in [0.717, 1.165) is 48.3 Å². The molecule has 0 aliphatic carbocycles. The molecule has 1 amide bonds. The molecule has 0 spiro atoms. The molecule has 4 aromatic rings. The van der Waals surface area contributed by atoms with Crippen LogP contribution < -0.4 is 20.3 Å². The Hall–Kier alpha value is -4.37. The summed E-state index contributed by atoms with van der Waals surface area (Å²) in [7, 11) is 9.81. The van der Waals surface area contributed by atoms with Crippen molar-refractivity contribution in [3.05, 3.63) is 67.0 Å². The summed E-state index contributed by atoms with van der Waals surface area (Å²) in [6, 6.07) is 12.4. The normalized spacial score (nSPS) is 11.1. The third-order valence-corrected chi connectivity index (χ3v) is 7.32. The van der Waals surface area contributed by atoms with Crippen LogP contribution in [0.4, 0.5) is 23.0 Å². The molecule has 0 aliphatic rings. The molecular weight excluding hydrogens is 526 g/mol. The number of aryl methyl sites for hydroxylation is 2. The number of nitrogens with zero attached hydrogens (tertiary/aromatic N) is 5. The molecule has 2 aromatic carbocycles. The lowest BCUT2D eigenvalue weighted by molar-refractivity contribution is -0.111. The molecule has 0 radical (unpaired) electrons. The fraction of sp³-hybridized carbons (Fsp3) is 0.364. The van der Waals surface area contributed by atoms with Crippen LogP contribution in [0.5, 0.6) is 5.75 Å². The SMILES string of the molecule is C=CC(=O)Nc1cc(Nc2nccc(-c3cn(C)c4cc(CCCC)ccc34)n2)c(OC)cc1N(C)CCCN(C)C. The van der Waals surface area contributed by atoms with Crippen LogP contribution in [0.25, 0.3) is 22.2 Å². The number of unbranched alkanes of at least 4 members (excludes halogenated alkanes) is 1. The topological polar surface area (TPSA) is 87.5 Å². The molecule has 0 fully saturated rings. The van der Waals surface area contributed by atoms with Gasteiger partial charge in [0, 0.05) is 55.6 Å². The molecule has 2 N–H and O–H groups in total. The van der Waals surface area contributed by atoms with E-state index in [0.29, 0.717) is 23.1 Å². The molecule has 2 aromatic heterocycles. The summed E-state index contributed by atoms with van der Waals surface area (Å²) in [5.74, 6) is 0.747. The van der Waals surface area contributed by atoms with Crippen molar-refractivity contribution in [1.29, 1.82) is 0 Å². The summed E-state index contributed by atoms with van der Waals surface area (Å²) in [6.07, 6.45) is 9.53. The number of ether oxygens (including phenoxy) is 1. The van der Waals surface area contributed by atoms with Gasteiger partial charge in [-0.3, -0.25) is 4.79 Å². The predicted molar refractivity (Wildman–Crippen MR) is 174 cm³/mol. The number of carbonyl (C=O) groups is 1. The standard InChI is InChI=1S/C33H43N7O2/c1-8-10-12-23-13-14-24-25(22-40(6)29(24)19-23)26-15-16-34-33(36-26)37-28-20-27(35-32(41)9-2)30(21-31(28)42-7)39(5)18-11-17-38(3)4/h9,13-16,19-22H,2,8,10-12,17-18H2,1,3-7H3,(H,35,41)(H,34,36,37). The van der Waals surface area contributed by atoms with Crippen LogP contribution in [0.1, 0.15) is 31.7 Å². The van der Waals surface area contributed by atoms with E-state index in [1.165, 1.54) is 30.0 Å². The highest BCUT2D eigenvalue weighted by Gasteiger charge is 2.17. The summed E-state index contributed by atoms with van der Waals surface area (Å²) in [5.41, 5.74) is 6.51. The van der Waals surface area contributed by atoms with Crippen molar-refractivity contribution in [2.24, 2.45) is 7.05 Å². The second-order valence-electron chi connectivity index (χ2n) is 10.8. The highest BCUT2D eigenvalue weighted by molar-refractivity contribution is 6.02. The monoisotopic (exact) mass is 569 g/mol. The van der Waals surface area contributed by atoms with Crippen LogP contribution in [0.3, 0.4) is 0 Å². The maximum atomic E-state index is 12.3. The third kappa shape index (κ3) is 7.28. The van der Waals surface area contributed by atoms with Gasteiger partial charge in [-0.05, 0) is 69.7 Å². The Bertz CT molecular complexity index is 1540. The maximum absolute atomic E-state index is 12.3. The molecule has 9 nitrogen and oxygen atoms in total. The van der Waals surface area contributed by atoms with Crippen LogP contribution in [-0.2, 0) is 18.3 Å². The Labute approximate surface area is 249 Å². The smallest absolute Gasteiger partial charge is 0.247 e. The average Bonchev–Trinajstić information content (AvgIpc) is 3.31. The van der Waals surface area contributed by atoms with E-state index in [1.54, 1.807) is 13.3 Å². The third-order valence-electron chi connectivity index (χ3n) is 7.32. The van der Waals surface area contributed by atoms with Gasteiger partial charge in [0.25, 0.3) is 0 Å². The lowest BCUT2D eigenvalue weighted by Gasteiger charge is -2.25. The summed E-state index contributed by atoms with van der Waals surface area (Å²) < 4.78 is 7.92. The van der Waals surface area contributed by atoms with Crippen LogP contribution in [-0.4, -0.2) is 66.7 Å². The molecular formula is C33H43N7O2. The van der Waals surface area contributed by atoms with Gasteiger partial charge < -0.3 is 29.7 Å². The number of carbonyl (C=O) groups excluding carboxylic acids is 1.